The fourth-order valence-electron chi connectivity index (χ4n) is 2.62. The third kappa shape index (κ3) is 2.75. The summed E-state index contributed by atoms with van der Waals surface area (Å²) in [6, 6.07) is 13.7. The molecule has 1 aromatic carbocycles. The van der Waals surface area contributed by atoms with Crippen LogP contribution < -0.4 is 15.5 Å². The number of pyridine rings is 1. The van der Waals surface area contributed by atoms with Gasteiger partial charge in [0.05, 0.1) is 23.3 Å². The maximum Gasteiger partial charge on any atom is 0.140 e. The van der Waals surface area contributed by atoms with Crippen LogP contribution in [0.3, 0.4) is 0 Å². The molecular formula is C16H17N5. The molecule has 2 aromatic rings. The van der Waals surface area contributed by atoms with Crippen molar-refractivity contribution >= 4 is 17.1 Å². The highest BCUT2D eigenvalue weighted by Gasteiger charge is 2.18. The van der Waals surface area contributed by atoms with Gasteiger partial charge in [-0.2, -0.15) is 5.26 Å². The molecule has 2 heterocycles. The Bertz CT molecular complexity index is 651. The van der Waals surface area contributed by atoms with Gasteiger partial charge in [0.1, 0.15) is 11.8 Å². The molecule has 1 aliphatic rings. The first kappa shape index (κ1) is 13.3. The first-order chi connectivity index (χ1) is 10.3. The number of hydrogen-bond acceptors (Lipinski definition) is 5. The second-order valence-corrected chi connectivity index (χ2v) is 5.05. The van der Waals surface area contributed by atoms with Crippen molar-refractivity contribution in [1.29, 1.82) is 5.26 Å². The van der Waals surface area contributed by atoms with E-state index in [-0.39, 0.29) is 0 Å². The summed E-state index contributed by atoms with van der Waals surface area (Å²) in [7, 11) is 0. The average Bonchev–Trinajstić information content (AvgIpc) is 2.56. The zero-order valence-corrected chi connectivity index (χ0v) is 11.7. The van der Waals surface area contributed by atoms with Gasteiger partial charge in [-0.1, -0.05) is 12.1 Å². The van der Waals surface area contributed by atoms with E-state index >= 15 is 0 Å². The lowest BCUT2D eigenvalue weighted by molar-refractivity contribution is 0.653. The summed E-state index contributed by atoms with van der Waals surface area (Å²) in [4.78, 5) is 8.72. The summed E-state index contributed by atoms with van der Waals surface area (Å²) in [6.07, 6.45) is 1.77. The number of benzene rings is 1. The summed E-state index contributed by atoms with van der Waals surface area (Å²) in [5, 5.41) is 8.78. The van der Waals surface area contributed by atoms with Crippen LogP contribution in [0.5, 0.6) is 0 Å². The second-order valence-electron chi connectivity index (χ2n) is 5.05. The van der Waals surface area contributed by atoms with Crippen LogP contribution in [0.1, 0.15) is 5.69 Å². The molecule has 5 heteroatoms. The van der Waals surface area contributed by atoms with Crippen molar-refractivity contribution in [1.82, 2.24) is 4.98 Å². The Balaban J connectivity index is 1.67. The van der Waals surface area contributed by atoms with E-state index in [4.69, 9.17) is 11.0 Å². The molecule has 3 rings (SSSR count). The number of aromatic nitrogens is 1. The third-order valence-electron chi connectivity index (χ3n) is 3.78. The van der Waals surface area contributed by atoms with Crippen molar-refractivity contribution in [3.05, 3.63) is 48.3 Å². The zero-order valence-electron chi connectivity index (χ0n) is 11.7. The normalized spacial score (nSPS) is 14.8. The predicted molar refractivity (Wildman–Crippen MR) is 84.2 cm³/mol. The minimum Gasteiger partial charge on any atom is -0.397 e. The highest BCUT2D eigenvalue weighted by atomic mass is 15.3. The molecule has 106 valence electrons. The predicted octanol–water partition coefficient (Wildman–Crippen LogP) is 1.86. The van der Waals surface area contributed by atoms with E-state index in [1.165, 1.54) is 0 Å². The fraction of sp³-hybridized carbons (Fsp3) is 0.250. The summed E-state index contributed by atoms with van der Waals surface area (Å²) in [6.45, 7) is 3.69. The van der Waals surface area contributed by atoms with Crippen molar-refractivity contribution in [3.63, 3.8) is 0 Å². The van der Waals surface area contributed by atoms with E-state index < -0.39 is 0 Å². The van der Waals surface area contributed by atoms with E-state index in [0.717, 1.165) is 43.2 Å². The summed E-state index contributed by atoms with van der Waals surface area (Å²) < 4.78 is 0. The van der Waals surface area contributed by atoms with Crippen LogP contribution in [0.2, 0.25) is 0 Å². The number of hydrogen-bond donors (Lipinski definition) is 1. The van der Waals surface area contributed by atoms with Crippen LogP contribution >= 0.6 is 0 Å². The number of para-hydroxylation sites is 2. The standard InChI is InChI=1S/C16H17N5/c17-11-13-5-6-14(12-19-13)20-7-9-21(10-8-20)16-4-2-1-3-15(16)18/h1-6,12H,7-10,18H2. The number of nitrogens with zero attached hydrogens (tertiary/aromatic N) is 4. The highest BCUT2D eigenvalue weighted by Crippen LogP contribution is 2.25. The molecule has 21 heavy (non-hydrogen) atoms. The highest BCUT2D eigenvalue weighted by molar-refractivity contribution is 5.68. The Morgan fingerprint density at radius 2 is 1.71 bits per heavy atom. The van der Waals surface area contributed by atoms with E-state index in [1.807, 2.05) is 30.3 Å². The number of nitrogens with two attached hydrogens (primary N) is 1. The van der Waals surface area contributed by atoms with Crippen LogP contribution in [-0.4, -0.2) is 31.2 Å². The number of nitriles is 1. The van der Waals surface area contributed by atoms with Gasteiger partial charge in [0.2, 0.25) is 0 Å². The van der Waals surface area contributed by atoms with Gasteiger partial charge in [0, 0.05) is 26.2 Å². The van der Waals surface area contributed by atoms with Gasteiger partial charge >= 0.3 is 0 Å². The topological polar surface area (TPSA) is 69.2 Å². The van der Waals surface area contributed by atoms with Crippen molar-refractivity contribution in [2.75, 3.05) is 41.7 Å². The SMILES string of the molecule is N#Cc1ccc(N2CCN(c3ccccc3N)CC2)cn1. The smallest absolute Gasteiger partial charge is 0.140 e. The summed E-state index contributed by atoms with van der Waals surface area (Å²) >= 11 is 0. The maximum absolute atomic E-state index is 8.78. The van der Waals surface area contributed by atoms with Crippen LogP contribution in [0.15, 0.2) is 42.6 Å². The largest absolute Gasteiger partial charge is 0.397 e. The average molecular weight is 279 g/mol. The molecule has 1 aliphatic heterocycles. The monoisotopic (exact) mass is 279 g/mol. The Labute approximate surface area is 124 Å². The Hall–Kier alpha value is -2.74. The number of anilines is 3. The van der Waals surface area contributed by atoms with Crippen LogP contribution in [-0.2, 0) is 0 Å². The van der Waals surface area contributed by atoms with Crippen molar-refractivity contribution < 1.29 is 0 Å². The molecule has 0 amide bonds. The minimum atomic E-state index is 0.453. The second kappa shape index (κ2) is 5.71. The minimum absolute atomic E-state index is 0.453. The van der Waals surface area contributed by atoms with Gasteiger partial charge in [-0.15, -0.1) is 0 Å². The number of nitrogen functional groups attached to an aromatic ring is 1. The molecule has 2 N–H and O–H groups in total. The van der Waals surface area contributed by atoms with Crippen LogP contribution in [0, 0.1) is 11.3 Å². The lowest BCUT2D eigenvalue weighted by atomic mass is 10.2. The van der Waals surface area contributed by atoms with Crippen molar-refractivity contribution in [2.45, 2.75) is 0 Å². The quantitative estimate of drug-likeness (QED) is 0.850. The van der Waals surface area contributed by atoms with Gasteiger partial charge in [-0.05, 0) is 24.3 Å². The van der Waals surface area contributed by atoms with E-state index in [9.17, 15) is 0 Å². The molecule has 0 radical (unpaired) electrons. The van der Waals surface area contributed by atoms with Gasteiger partial charge in [-0.25, -0.2) is 4.98 Å². The van der Waals surface area contributed by atoms with Gasteiger partial charge < -0.3 is 15.5 Å². The maximum atomic E-state index is 8.78. The van der Waals surface area contributed by atoms with Crippen molar-refractivity contribution in [3.8, 4) is 6.07 Å². The molecule has 0 aliphatic carbocycles. The summed E-state index contributed by atoms with van der Waals surface area (Å²) in [5.41, 5.74) is 9.48. The van der Waals surface area contributed by atoms with Crippen LogP contribution in [0.4, 0.5) is 17.1 Å². The number of piperazine rings is 1. The summed E-state index contributed by atoms with van der Waals surface area (Å²) in [5.74, 6) is 0. The zero-order chi connectivity index (χ0) is 14.7. The van der Waals surface area contributed by atoms with Gasteiger partial charge in [0.15, 0.2) is 0 Å². The lowest BCUT2D eigenvalue weighted by Crippen LogP contribution is -2.46. The molecule has 1 saturated heterocycles. The van der Waals surface area contributed by atoms with Gasteiger partial charge in [0.25, 0.3) is 0 Å². The van der Waals surface area contributed by atoms with E-state index in [0.29, 0.717) is 5.69 Å². The molecule has 1 fully saturated rings. The Morgan fingerprint density at radius 1 is 1.00 bits per heavy atom. The number of rotatable bonds is 2. The molecule has 0 bridgehead atoms. The molecule has 0 saturated carbocycles. The van der Waals surface area contributed by atoms with E-state index in [2.05, 4.69) is 20.9 Å². The molecule has 1 aromatic heterocycles. The van der Waals surface area contributed by atoms with E-state index in [1.54, 1.807) is 12.3 Å². The molecule has 0 unspecified atom stereocenters. The van der Waals surface area contributed by atoms with Gasteiger partial charge in [-0.3, -0.25) is 0 Å². The fourth-order valence-corrected chi connectivity index (χ4v) is 2.62. The molecular weight excluding hydrogens is 262 g/mol. The Morgan fingerprint density at radius 3 is 2.33 bits per heavy atom. The molecule has 0 spiro atoms. The molecule has 0 atom stereocenters. The first-order valence-electron chi connectivity index (χ1n) is 6.98. The first-order valence-corrected chi connectivity index (χ1v) is 6.98. The molecule has 5 nitrogen and oxygen atoms in total. The Kier molecular flexibility index (Phi) is 3.61. The van der Waals surface area contributed by atoms with Crippen molar-refractivity contribution in [2.24, 2.45) is 0 Å². The third-order valence-corrected chi connectivity index (χ3v) is 3.78. The lowest BCUT2D eigenvalue weighted by Gasteiger charge is -2.37. The van der Waals surface area contributed by atoms with Crippen LogP contribution in [0.25, 0.3) is 0 Å².